The summed E-state index contributed by atoms with van der Waals surface area (Å²) in [6, 6.07) is 0. The monoisotopic (exact) mass is 223 g/mol. The molecule has 0 atom stereocenters. The molecule has 0 saturated heterocycles. The van der Waals surface area contributed by atoms with Crippen molar-refractivity contribution < 1.29 is 37.2 Å². The molecule has 44 valence electrons. The summed E-state index contributed by atoms with van der Waals surface area (Å²) in [5, 5.41) is 0. The third kappa shape index (κ3) is 113. The van der Waals surface area contributed by atoms with Crippen molar-refractivity contribution >= 4 is 16.7 Å². The summed E-state index contributed by atoms with van der Waals surface area (Å²) in [4.78, 5) is 0. The van der Waals surface area contributed by atoms with Crippen LogP contribution in [0.15, 0.2) is 0 Å². The average molecular weight is 223 g/mol. The SMILES string of the molecule is C[N](C)[Ge+3].[Cl-].[Cl-].[Cl-]. The Morgan fingerprint density at radius 2 is 1.00 bits per heavy atom. The van der Waals surface area contributed by atoms with Gasteiger partial charge >= 0.3 is 34.7 Å². The minimum absolute atomic E-state index is 0. The average Bonchev–Trinajstić information content (AvgIpc) is 0.811. The Morgan fingerprint density at radius 1 is 1.00 bits per heavy atom. The van der Waals surface area contributed by atoms with Crippen molar-refractivity contribution in [2.24, 2.45) is 0 Å². The number of hydrogen-bond donors (Lipinski definition) is 0. The van der Waals surface area contributed by atoms with Crippen molar-refractivity contribution in [2.75, 3.05) is 14.1 Å². The molecule has 0 heterocycles. The van der Waals surface area contributed by atoms with Crippen LogP contribution in [0.2, 0.25) is 0 Å². The molecule has 0 aliphatic rings. The van der Waals surface area contributed by atoms with E-state index in [1.54, 1.807) is 0 Å². The van der Waals surface area contributed by atoms with Crippen LogP contribution in [0.1, 0.15) is 0 Å². The maximum atomic E-state index is 2.00. The van der Waals surface area contributed by atoms with Crippen molar-refractivity contribution in [1.29, 1.82) is 0 Å². The summed E-state index contributed by atoms with van der Waals surface area (Å²) < 4.78 is 2.00. The molecule has 7 heavy (non-hydrogen) atoms. The van der Waals surface area contributed by atoms with E-state index < -0.39 is 0 Å². The van der Waals surface area contributed by atoms with Crippen LogP contribution in [0.5, 0.6) is 0 Å². The molecule has 1 nitrogen and oxygen atoms in total. The molecule has 0 aromatic carbocycles. The molecular weight excluding hydrogens is 217 g/mol. The van der Waals surface area contributed by atoms with Gasteiger partial charge in [0.1, 0.15) is 0 Å². The van der Waals surface area contributed by atoms with Gasteiger partial charge < -0.3 is 37.2 Å². The van der Waals surface area contributed by atoms with E-state index in [0.717, 1.165) is 0 Å². The Bertz CT molecular complexity index is 17.7. The predicted octanol–water partition coefficient (Wildman–Crippen LogP) is -9.36. The minimum Gasteiger partial charge on any atom is -1.00 e. The first kappa shape index (κ1) is 23.8. The van der Waals surface area contributed by atoms with Crippen LogP contribution in [-0.4, -0.2) is 34.7 Å². The fraction of sp³-hybridized carbons (Fsp3) is 1.00. The maximum Gasteiger partial charge on any atom is -1.00 e. The first-order valence-electron chi connectivity index (χ1n) is 1.12. The zero-order chi connectivity index (χ0) is 3.58. The fourth-order valence-electron chi connectivity index (χ4n) is 0. The van der Waals surface area contributed by atoms with Gasteiger partial charge in [0.2, 0.25) is 0 Å². The molecule has 0 fully saturated rings. The topological polar surface area (TPSA) is 3.24 Å². The molecule has 0 spiro atoms. The standard InChI is InChI=1S/C2H6GeN.3ClH/c1-4(2)3;;;/h1-2H3;3*1H/q+3;;;/p-3. The molecule has 0 aromatic heterocycles. The molecule has 0 aliphatic carbocycles. The second kappa shape index (κ2) is 15.7. The van der Waals surface area contributed by atoms with Crippen LogP contribution < -0.4 is 37.2 Å². The smallest absolute Gasteiger partial charge is 1.00 e. The number of rotatable bonds is 0. The summed E-state index contributed by atoms with van der Waals surface area (Å²) >= 11 is 2.00. The summed E-state index contributed by atoms with van der Waals surface area (Å²) in [6.45, 7) is 0. The van der Waals surface area contributed by atoms with Crippen molar-refractivity contribution in [1.82, 2.24) is 3.86 Å². The largest absolute Gasteiger partial charge is 1.00 e. The molecule has 0 aliphatic heterocycles. The summed E-state index contributed by atoms with van der Waals surface area (Å²) in [6.07, 6.45) is 0. The van der Waals surface area contributed by atoms with Crippen LogP contribution in [0.4, 0.5) is 0 Å². The minimum atomic E-state index is 0. The Morgan fingerprint density at radius 3 is 1.00 bits per heavy atom. The zero-order valence-corrected chi connectivity index (χ0v) is 8.45. The van der Waals surface area contributed by atoms with Gasteiger partial charge in [-0.1, -0.05) is 0 Å². The molecule has 0 unspecified atom stereocenters. The Labute approximate surface area is 71.9 Å². The first-order chi connectivity index (χ1) is 1.73. The van der Waals surface area contributed by atoms with Crippen LogP contribution in [0, 0.1) is 0 Å². The van der Waals surface area contributed by atoms with Gasteiger partial charge in [0.15, 0.2) is 0 Å². The van der Waals surface area contributed by atoms with E-state index in [4.69, 9.17) is 0 Å². The molecule has 0 amide bonds. The van der Waals surface area contributed by atoms with Crippen LogP contribution in [0.3, 0.4) is 0 Å². The number of halogens is 3. The second-order valence-electron chi connectivity index (χ2n) is 0.894. The third-order valence-electron chi connectivity index (χ3n) is 0. The molecule has 0 aromatic rings. The van der Waals surface area contributed by atoms with Crippen molar-refractivity contribution in [2.45, 2.75) is 0 Å². The van der Waals surface area contributed by atoms with Crippen molar-refractivity contribution in [3.05, 3.63) is 0 Å². The Balaban J connectivity index is -0.0000000150. The maximum absolute atomic E-state index is 2.00. The molecule has 5 heteroatoms. The summed E-state index contributed by atoms with van der Waals surface area (Å²) in [5.41, 5.74) is 0. The van der Waals surface area contributed by atoms with Gasteiger partial charge in [-0.2, -0.15) is 0 Å². The fourth-order valence-corrected chi connectivity index (χ4v) is 0. The van der Waals surface area contributed by atoms with E-state index in [1.807, 2.05) is 34.7 Å². The molecule has 0 rings (SSSR count). The van der Waals surface area contributed by atoms with E-state index in [-0.39, 0.29) is 37.2 Å². The van der Waals surface area contributed by atoms with E-state index in [2.05, 4.69) is 0 Å². The van der Waals surface area contributed by atoms with Gasteiger partial charge in [-0.25, -0.2) is 0 Å². The van der Waals surface area contributed by atoms with Gasteiger partial charge in [0.05, 0.1) is 0 Å². The van der Waals surface area contributed by atoms with Gasteiger partial charge in [-0.3, -0.25) is 0 Å². The molecular formula is C2H6Cl3GeN. The third-order valence-corrected chi connectivity index (χ3v) is 0. The summed E-state index contributed by atoms with van der Waals surface area (Å²) in [7, 11) is 4.00. The van der Waals surface area contributed by atoms with Gasteiger partial charge in [0, 0.05) is 0 Å². The Hall–Kier alpha value is 1.37. The second-order valence-corrected chi connectivity index (χ2v) is 2.77. The number of hydrogen-bond acceptors (Lipinski definition) is 1. The van der Waals surface area contributed by atoms with Crippen molar-refractivity contribution in [3.63, 3.8) is 0 Å². The normalized spacial score (nSPS) is 5.29. The van der Waals surface area contributed by atoms with Gasteiger partial charge in [0.25, 0.3) is 0 Å². The predicted molar refractivity (Wildman–Crippen MR) is 19.4 cm³/mol. The Kier molecular flexibility index (Phi) is 53.2. The molecule has 0 bridgehead atoms. The quantitative estimate of drug-likeness (QED) is 0.369. The summed E-state index contributed by atoms with van der Waals surface area (Å²) in [5.74, 6) is 0. The van der Waals surface area contributed by atoms with E-state index in [1.165, 1.54) is 0 Å². The molecule has 0 radical (unpaired) electrons. The van der Waals surface area contributed by atoms with Gasteiger partial charge in [-0.15, -0.1) is 0 Å². The zero-order valence-electron chi connectivity index (χ0n) is 4.08. The first-order valence-corrected chi connectivity index (χ1v) is 2.06. The van der Waals surface area contributed by atoms with Crippen molar-refractivity contribution in [3.8, 4) is 0 Å². The van der Waals surface area contributed by atoms with E-state index in [9.17, 15) is 0 Å². The van der Waals surface area contributed by atoms with Crippen LogP contribution >= 0.6 is 0 Å². The van der Waals surface area contributed by atoms with E-state index in [0.29, 0.717) is 0 Å². The number of nitrogens with zero attached hydrogens (tertiary/aromatic N) is 1. The molecule has 0 saturated carbocycles. The van der Waals surface area contributed by atoms with Crippen LogP contribution in [-0.2, 0) is 0 Å². The van der Waals surface area contributed by atoms with Gasteiger partial charge in [-0.05, 0) is 0 Å². The van der Waals surface area contributed by atoms with E-state index >= 15 is 0 Å². The van der Waals surface area contributed by atoms with Crippen LogP contribution in [0.25, 0.3) is 0 Å². The molecule has 0 N–H and O–H groups in total.